The van der Waals surface area contributed by atoms with E-state index in [1.165, 1.54) is 6.92 Å². The Morgan fingerprint density at radius 3 is 3.25 bits per heavy atom. The van der Waals surface area contributed by atoms with Gasteiger partial charge in [0.25, 0.3) is 0 Å². The molecule has 1 amide bonds. The average molecular weight is 235 g/mol. The van der Waals surface area contributed by atoms with Gasteiger partial charge in [-0.05, 0) is 12.1 Å². The fourth-order valence-corrected chi connectivity index (χ4v) is 2.30. The molecule has 5 heteroatoms. The average Bonchev–Trinajstić information content (AvgIpc) is 2.72. The summed E-state index contributed by atoms with van der Waals surface area (Å²) in [5.41, 5.74) is 0.949. The van der Waals surface area contributed by atoms with Crippen LogP contribution >= 0.6 is 11.8 Å². The van der Waals surface area contributed by atoms with Crippen molar-refractivity contribution >= 4 is 23.3 Å². The van der Waals surface area contributed by atoms with Crippen LogP contribution in [0.4, 0.5) is 0 Å². The van der Waals surface area contributed by atoms with Crippen molar-refractivity contribution in [2.24, 2.45) is 0 Å². The molecule has 2 heterocycles. The van der Waals surface area contributed by atoms with E-state index in [0.717, 1.165) is 16.4 Å². The Morgan fingerprint density at radius 1 is 1.56 bits per heavy atom. The third-order valence-corrected chi connectivity index (χ3v) is 3.15. The van der Waals surface area contributed by atoms with Crippen molar-refractivity contribution < 1.29 is 4.79 Å². The Hall–Kier alpha value is -1.49. The van der Waals surface area contributed by atoms with Crippen molar-refractivity contribution in [2.45, 2.75) is 11.9 Å². The first-order valence-corrected chi connectivity index (χ1v) is 6.05. The molecule has 0 aliphatic rings. The van der Waals surface area contributed by atoms with Gasteiger partial charge in [-0.3, -0.25) is 9.20 Å². The van der Waals surface area contributed by atoms with Gasteiger partial charge in [0, 0.05) is 31.6 Å². The number of imidazole rings is 1. The molecule has 0 aliphatic carbocycles. The van der Waals surface area contributed by atoms with Crippen LogP contribution in [0.2, 0.25) is 0 Å². The summed E-state index contributed by atoms with van der Waals surface area (Å²) in [6.07, 6.45) is 3.73. The van der Waals surface area contributed by atoms with Crippen LogP contribution in [0.25, 0.3) is 5.65 Å². The van der Waals surface area contributed by atoms with Crippen LogP contribution in [0.3, 0.4) is 0 Å². The Labute approximate surface area is 98.1 Å². The number of nitrogens with zero attached hydrogens (tertiary/aromatic N) is 2. The summed E-state index contributed by atoms with van der Waals surface area (Å²) in [7, 11) is 0. The predicted molar refractivity (Wildman–Crippen MR) is 64.6 cm³/mol. The minimum Gasteiger partial charge on any atom is -0.356 e. The fraction of sp³-hybridized carbons (Fsp3) is 0.273. The SMILES string of the molecule is CC(=O)NCCSc1cccc2nccn12. The fourth-order valence-electron chi connectivity index (χ4n) is 1.42. The molecule has 2 aromatic rings. The molecule has 0 radical (unpaired) electrons. The van der Waals surface area contributed by atoms with E-state index in [1.807, 2.05) is 28.8 Å². The van der Waals surface area contributed by atoms with Crippen LogP contribution in [0.15, 0.2) is 35.6 Å². The summed E-state index contributed by atoms with van der Waals surface area (Å²) in [5.74, 6) is 0.873. The van der Waals surface area contributed by atoms with Gasteiger partial charge in [0.15, 0.2) is 0 Å². The second kappa shape index (κ2) is 5.03. The number of nitrogens with one attached hydrogen (secondary N) is 1. The monoisotopic (exact) mass is 235 g/mol. The van der Waals surface area contributed by atoms with Gasteiger partial charge in [-0.25, -0.2) is 4.98 Å². The Kier molecular flexibility index (Phi) is 3.46. The molecule has 2 rings (SSSR count). The molecule has 0 aromatic carbocycles. The van der Waals surface area contributed by atoms with Crippen molar-refractivity contribution in [1.82, 2.24) is 14.7 Å². The summed E-state index contributed by atoms with van der Waals surface area (Å²) in [5, 5.41) is 3.91. The van der Waals surface area contributed by atoms with E-state index in [0.29, 0.717) is 6.54 Å². The summed E-state index contributed by atoms with van der Waals surface area (Å²) >= 11 is 1.70. The number of carbonyl (C=O) groups is 1. The second-order valence-corrected chi connectivity index (χ2v) is 4.47. The van der Waals surface area contributed by atoms with E-state index in [1.54, 1.807) is 18.0 Å². The number of rotatable bonds is 4. The topological polar surface area (TPSA) is 46.4 Å². The molecule has 84 valence electrons. The summed E-state index contributed by atoms with van der Waals surface area (Å²) in [6, 6.07) is 6.01. The van der Waals surface area contributed by atoms with Crippen molar-refractivity contribution in [1.29, 1.82) is 0 Å². The molecular weight excluding hydrogens is 222 g/mol. The maximum atomic E-state index is 10.7. The molecule has 0 atom stereocenters. The highest BCUT2D eigenvalue weighted by molar-refractivity contribution is 7.99. The van der Waals surface area contributed by atoms with Crippen LogP contribution in [0.1, 0.15) is 6.92 Å². The van der Waals surface area contributed by atoms with Gasteiger partial charge in [0.1, 0.15) is 5.65 Å². The van der Waals surface area contributed by atoms with Gasteiger partial charge in [-0.1, -0.05) is 6.07 Å². The van der Waals surface area contributed by atoms with Gasteiger partial charge in [-0.2, -0.15) is 0 Å². The molecule has 0 fully saturated rings. The highest BCUT2D eigenvalue weighted by Crippen LogP contribution is 2.18. The largest absolute Gasteiger partial charge is 0.356 e. The number of hydrogen-bond acceptors (Lipinski definition) is 3. The molecule has 0 aliphatic heterocycles. The van der Waals surface area contributed by atoms with Crippen LogP contribution in [-0.2, 0) is 4.79 Å². The van der Waals surface area contributed by atoms with E-state index in [9.17, 15) is 4.79 Å². The van der Waals surface area contributed by atoms with Gasteiger partial charge in [0.2, 0.25) is 5.91 Å². The minimum atomic E-state index is 0.0152. The lowest BCUT2D eigenvalue weighted by Gasteiger charge is -2.05. The van der Waals surface area contributed by atoms with Crippen molar-refractivity contribution in [3.05, 3.63) is 30.6 Å². The maximum absolute atomic E-state index is 10.7. The molecule has 16 heavy (non-hydrogen) atoms. The zero-order valence-electron chi connectivity index (χ0n) is 9.01. The lowest BCUT2D eigenvalue weighted by atomic mass is 10.5. The van der Waals surface area contributed by atoms with Crippen molar-refractivity contribution in [2.75, 3.05) is 12.3 Å². The lowest BCUT2D eigenvalue weighted by molar-refractivity contribution is -0.118. The van der Waals surface area contributed by atoms with Crippen LogP contribution in [0.5, 0.6) is 0 Å². The Morgan fingerprint density at radius 2 is 2.44 bits per heavy atom. The molecule has 0 spiro atoms. The Balaban J connectivity index is 1.98. The van der Waals surface area contributed by atoms with Gasteiger partial charge < -0.3 is 5.32 Å². The number of aromatic nitrogens is 2. The number of thioether (sulfide) groups is 1. The van der Waals surface area contributed by atoms with Crippen LogP contribution < -0.4 is 5.32 Å². The zero-order chi connectivity index (χ0) is 11.4. The summed E-state index contributed by atoms with van der Waals surface area (Å²) in [6.45, 7) is 2.21. The first-order valence-electron chi connectivity index (χ1n) is 5.07. The van der Waals surface area contributed by atoms with Crippen molar-refractivity contribution in [3.8, 4) is 0 Å². The number of carbonyl (C=O) groups excluding carboxylic acids is 1. The number of hydrogen-bond donors (Lipinski definition) is 1. The third kappa shape index (κ3) is 2.55. The normalized spacial score (nSPS) is 10.6. The van der Waals surface area contributed by atoms with Gasteiger partial charge in [0.05, 0.1) is 5.03 Å². The lowest BCUT2D eigenvalue weighted by Crippen LogP contribution is -2.22. The molecule has 0 bridgehead atoms. The highest BCUT2D eigenvalue weighted by Gasteiger charge is 2.00. The highest BCUT2D eigenvalue weighted by atomic mass is 32.2. The van der Waals surface area contributed by atoms with E-state index in [-0.39, 0.29) is 5.91 Å². The standard InChI is InChI=1S/C11H13N3OS/c1-9(15)12-6-8-16-11-4-2-3-10-13-5-7-14(10)11/h2-5,7H,6,8H2,1H3,(H,12,15). The van der Waals surface area contributed by atoms with E-state index in [4.69, 9.17) is 0 Å². The predicted octanol–water partition coefficient (Wildman–Crippen LogP) is 1.56. The molecule has 2 aromatic heterocycles. The minimum absolute atomic E-state index is 0.0152. The maximum Gasteiger partial charge on any atom is 0.216 e. The third-order valence-electron chi connectivity index (χ3n) is 2.12. The first-order chi connectivity index (χ1) is 7.77. The van der Waals surface area contributed by atoms with Gasteiger partial charge in [-0.15, -0.1) is 11.8 Å². The van der Waals surface area contributed by atoms with Crippen LogP contribution in [-0.4, -0.2) is 27.6 Å². The quantitative estimate of drug-likeness (QED) is 0.646. The number of fused-ring (bicyclic) bond motifs is 1. The molecular formula is C11H13N3OS. The van der Waals surface area contributed by atoms with E-state index in [2.05, 4.69) is 10.3 Å². The molecule has 4 nitrogen and oxygen atoms in total. The number of pyridine rings is 1. The number of amides is 1. The van der Waals surface area contributed by atoms with E-state index >= 15 is 0 Å². The zero-order valence-corrected chi connectivity index (χ0v) is 9.83. The summed E-state index contributed by atoms with van der Waals surface area (Å²) < 4.78 is 2.04. The molecule has 0 unspecified atom stereocenters. The molecule has 0 saturated heterocycles. The second-order valence-electron chi connectivity index (χ2n) is 3.35. The van der Waals surface area contributed by atoms with Crippen molar-refractivity contribution in [3.63, 3.8) is 0 Å². The van der Waals surface area contributed by atoms with Gasteiger partial charge >= 0.3 is 0 Å². The molecule has 1 N–H and O–H groups in total. The van der Waals surface area contributed by atoms with E-state index < -0.39 is 0 Å². The Bertz CT molecular complexity index is 495. The smallest absolute Gasteiger partial charge is 0.216 e. The molecule has 0 saturated carbocycles. The first kappa shape index (κ1) is 11.0. The summed E-state index contributed by atoms with van der Waals surface area (Å²) in [4.78, 5) is 14.9. The van der Waals surface area contributed by atoms with Crippen LogP contribution in [0, 0.1) is 0 Å².